The number of para-hydroxylation sites is 3. The van der Waals surface area contributed by atoms with E-state index in [0.29, 0.717) is 13.1 Å². The molecule has 0 aliphatic carbocycles. The molecule has 34 heavy (non-hydrogen) atoms. The minimum Gasteiger partial charge on any atom is -0.367 e. The predicted molar refractivity (Wildman–Crippen MR) is 136 cm³/mol. The maximum atomic E-state index is 13.2. The van der Waals surface area contributed by atoms with E-state index in [2.05, 4.69) is 45.9 Å². The fraction of sp³-hybridized carbons (Fsp3) is 0.286. The largest absolute Gasteiger partial charge is 0.367 e. The third-order valence-corrected chi connectivity index (χ3v) is 6.72. The van der Waals surface area contributed by atoms with Crippen LogP contribution >= 0.6 is 0 Å². The number of carbonyl (C=O) groups excluding carboxylic acids is 2. The molecule has 2 N–H and O–H groups in total. The van der Waals surface area contributed by atoms with Crippen LogP contribution in [0, 0.1) is 5.92 Å². The van der Waals surface area contributed by atoms with Crippen LogP contribution in [-0.4, -0.2) is 36.5 Å². The van der Waals surface area contributed by atoms with Gasteiger partial charge in [-0.15, -0.1) is 0 Å². The fourth-order valence-corrected chi connectivity index (χ4v) is 4.89. The van der Waals surface area contributed by atoms with Crippen LogP contribution in [0.15, 0.2) is 78.9 Å². The lowest BCUT2D eigenvalue weighted by Gasteiger charge is -2.32. The molecule has 6 heteroatoms. The lowest BCUT2D eigenvalue weighted by Crippen LogP contribution is -2.45. The topological polar surface area (TPSA) is 64.7 Å². The van der Waals surface area contributed by atoms with Gasteiger partial charge in [-0.2, -0.15) is 0 Å². The number of benzene rings is 3. The Morgan fingerprint density at radius 3 is 2.50 bits per heavy atom. The first-order valence-electron chi connectivity index (χ1n) is 12.0. The van der Waals surface area contributed by atoms with Gasteiger partial charge in [-0.1, -0.05) is 54.6 Å². The number of carbonyl (C=O) groups is 2. The highest BCUT2D eigenvalue weighted by atomic mass is 16.2. The van der Waals surface area contributed by atoms with Crippen molar-refractivity contribution in [2.45, 2.75) is 25.8 Å². The van der Waals surface area contributed by atoms with E-state index in [9.17, 15) is 9.59 Å². The lowest BCUT2D eigenvalue weighted by atomic mass is 9.97. The van der Waals surface area contributed by atoms with Gasteiger partial charge in [0.1, 0.15) is 0 Å². The Labute approximate surface area is 200 Å². The molecule has 5 rings (SSSR count). The molecule has 3 aromatic carbocycles. The van der Waals surface area contributed by atoms with Gasteiger partial charge in [0.2, 0.25) is 5.91 Å². The van der Waals surface area contributed by atoms with Crippen molar-refractivity contribution in [3.63, 3.8) is 0 Å². The van der Waals surface area contributed by atoms with E-state index in [1.54, 1.807) is 4.90 Å². The molecule has 3 amide bonds. The summed E-state index contributed by atoms with van der Waals surface area (Å²) < 4.78 is 0. The number of hydrogen-bond acceptors (Lipinski definition) is 3. The zero-order valence-corrected chi connectivity index (χ0v) is 19.2. The van der Waals surface area contributed by atoms with E-state index in [1.165, 1.54) is 11.3 Å². The van der Waals surface area contributed by atoms with Crippen molar-refractivity contribution in [3.05, 3.63) is 90.0 Å². The van der Waals surface area contributed by atoms with Gasteiger partial charge in [0.25, 0.3) is 0 Å². The van der Waals surface area contributed by atoms with Crippen molar-refractivity contribution < 1.29 is 9.59 Å². The lowest BCUT2D eigenvalue weighted by molar-refractivity contribution is -0.121. The molecule has 2 heterocycles. The summed E-state index contributed by atoms with van der Waals surface area (Å²) in [5, 5.41) is 6.09. The van der Waals surface area contributed by atoms with Crippen LogP contribution in [0.2, 0.25) is 0 Å². The highest BCUT2D eigenvalue weighted by Gasteiger charge is 2.29. The maximum absolute atomic E-state index is 13.2. The highest BCUT2D eigenvalue weighted by Crippen LogP contribution is 2.30. The number of nitrogens with one attached hydrogen (secondary N) is 2. The first kappa shape index (κ1) is 22.0. The number of nitrogens with zero attached hydrogens (tertiary/aromatic N) is 2. The first-order chi connectivity index (χ1) is 16.7. The number of anilines is 3. The van der Waals surface area contributed by atoms with E-state index in [1.807, 2.05) is 48.5 Å². The zero-order chi connectivity index (χ0) is 23.3. The Balaban J connectivity index is 1.23. The number of hydrogen-bond donors (Lipinski definition) is 2. The van der Waals surface area contributed by atoms with Crippen LogP contribution in [0.5, 0.6) is 0 Å². The summed E-state index contributed by atoms with van der Waals surface area (Å²) in [6.45, 7) is 2.82. The van der Waals surface area contributed by atoms with E-state index in [-0.39, 0.29) is 17.9 Å². The third kappa shape index (κ3) is 4.91. The smallest absolute Gasteiger partial charge is 0.321 e. The molecule has 2 aliphatic rings. The van der Waals surface area contributed by atoms with Crippen molar-refractivity contribution >= 4 is 29.0 Å². The van der Waals surface area contributed by atoms with E-state index in [0.717, 1.165) is 49.3 Å². The highest BCUT2D eigenvalue weighted by molar-refractivity contribution is 5.95. The van der Waals surface area contributed by atoms with Gasteiger partial charge in [0.05, 0.1) is 5.92 Å². The molecule has 0 spiro atoms. The number of amides is 3. The second-order valence-electron chi connectivity index (χ2n) is 9.03. The second-order valence-corrected chi connectivity index (χ2v) is 9.03. The third-order valence-electron chi connectivity index (χ3n) is 6.72. The number of piperidine rings is 1. The van der Waals surface area contributed by atoms with Gasteiger partial charge >= 0.3 is 6.03 Å². The summed E-state index contributed by atoms with van der Waals surface area (Å²) in [6.07, 6.45) is 2.64. The molecule has 6 nitrogen and oxygen atoms in total. The molecule has 0 aromatic heterocycles. The summed E-state index contributed by atoms with van der Waals surface area (Å²) in [5.41, 5.74) is 5.36. The Bertz CT molecular complexity index is 1160. The van der Waals surface area contributed by atoms with Gasteiger partial charge < -0.3 is 20.4 Å². The molecule has 1 atom stereocenters. The van der Waals surface area contributed by atoms with Crippen molar-refractivity contribution in [2.24, 2.45) is 5.92 Å². The average Bonchev–Trinajstić information content (AvgIpc) is 3.28. The van der Waals surface area contributed by atoms with Crippen LogP contribution < -0.4 is 15.5 Å². The first-order valence-corrected chi connectivity index (χ1v) is 12.0. The molecule has 3 aromatic rings. The van der Waals surface area contributed by atoms with Crippen LogP contribution in [0.25, 0.3) is 0 Å². The Morgan fingerprint density at radius 1 is 0.853 bits per heavy atom. The number of urea groups is 1. The zero-order valence-electron chi connectivity index (χ0n) is 19.2. The SMILES string of the molecule is O=C(Nc1ccccc1CN1CCc2ccccc21)C1CCCN(C(=O)Nc2ccccc2)C1. The molecule has 1 unspecified atom stereocenters. The van der Waals surface area contributed by atoms with Crippen molar-refractivity contribution in [3.8, 4) is 0 Å². The monoisotopic (exact) mass is 454 g/mol. The molecule has 0 saturated carbocycles. The number of rotatable bonds is 5. The van der Waals surface area contributed by atoms with E-state index in [4.69, 9.17) is 0 Å². The van der Waals surface area contributed by atoms with Gasteiger partial charge in [-0.3, -0.25) is 4.79 Å². The average molecular weight is 455 g/mol. The number of likely N-dealkylation sites (tertiary alicyclic amines) is 1. The second kappa shape index (κ2) is 10.00. The summed E-state index contributed by atoms with van der Waals surface area (Å²) >= 11 is 0. The summed E-state index contributed by atoms with van der Waals surface area (Å²) in [6, 6.07) is 25.8. The summed E-state index contributed by atoms with van der Waals surface area (Å²) in [4.78, 5) is 30.0. The summed E-state index contributed by atoms with van der Waals surface area (Å²) in [7, 11) is 0. The predicted octanol–water partition coefficient (Wildman–Crippen LogP) is 5.13. The Hall–Kier alpha value is -3.80. The van der Waals surface area contributed by atoms with Gasteiger partial charge in [-0.05, 0) is 54.7 Å². The normalized spacial score (nSPS) is 17.2. The standard InChI is InChI=1S/C28H30N4O2/c33-27(23-11-8-17-32(20-23)28(34)29-24-12-2-1-3-13-24)30-25-14-6-4-10-22(25)19-31-18-16-21-9-5-7-15-26(21)31/h1-7,9-10,12-15,23H,8,11,16-20H2,(H,29,34)(H,30,33). The van der Waals surface area contributed by atoms with Crippen molar-refractivity contribution in [2.75, 3.05) is 35.2 Å². The minimum atomic E-state index is -0.226. The minimum absolute atomic E-state index is 0.0218. The Kier molecular flexibility index (Phi) is 6.47. The molecular weight excluding hydrogens is 424 g/mol. The molecule has 2 aliphatic heterocycles. The molecule has 1 saturated heterocycles. The van der Waals surface area contributed by atoms with E-state index < -0.39 is 0 Å². The van der Waals surface area contributed by atoms with Crippen LogP contribution in [0.3, 0.4) is 0 Å². The molecule has 0 bridgehead atoms. The van der Waals surface area contributed by atoms with Gasteiger partial charge in [0, 0.05) is 43.2 Å². The van der Waals surface area contributed by atoms with Crippen molar-refractivity contribution in [1.29, 1.82) is 0 Å². The molecule has 174 valence electrons. The summed E-state index contributed by atoms with van der Waals surface area (Å²) in [5.74, 6) is -0.248. The quantitative estimate of drug-likeness (QED) is 0.562. The van der Waals surface area contributed by atoms with Crippen LogP contribution in [0.4, 0.5) is 21.9 Å². The van der Waals surface area contributed by atoms with Crippen LogP contribution in [0.1, 0.15) is 24.0 Å². The Morgan fingerprint density at radius 2 is 1.62 bits per heavy atom. The molecule has 1 fully saturated rings. The van der Waals surface area contributed by atoms with Gasteiger partial charge in [-0.25, -0.2) is 4.79 Å². The maximum Gasteiger partial charge on any atom is 0.321 e. The molecular formula is C28H30N4O2. The van der Waals surface area contributed by atoms with Crippen LogP contribution in [-0.2, 0) is 17.8 Å². The molecule has 0 radical (unpaired) electrons. The van der Waals surface area contributed by atoms with Crippen molar-refractivity contribution in [1.82, 2.24) is 4.90 Å². The fourth-order valence-electron chi connectivity index (χ4n) is 4.89. The number of fused-ring (bicyclic) bond motifs is 1. The van der Waals surface area contributed by atoms with E-state index >= 15 is 0 Å². The van der Waals surface area contributed by atoms with Gasteiger partial charge in [0.15, 0.2) is 0 Å².